The standard InChI is InChI=1S/C19H22N4O4/c1-14(24)22-6-8-23(9-7-22)19(25)15(10-20)11-21-12-16-13-26-17-4-2-3-5-18(17)27-16/h2-5,11,16,21H,6-9,12-13H2,1H3/b15-11-. The van der Waals surface area contributed by atoms with Crippen LogP contribution in [-0.4, -0.2) is 67.0 Å². The van der Waals surface area contributed by atoms with Crippen molar-refractivity contribution < 1.29 is 19.1 Å². The molecule has 8 nitrogen and oxygen atoms in total. The molecule has 8 heteroatoms. The van der Waals surface area contributed by atoms with Crippen LogP contribution in [0, 0.1) is 11.3 Å². The second kappa shape index (κ2) is 8.45. The lowest BCUT2D eigenvalue weighted by molar-refractivity contribution is -0.136. The van der Waals surface area contributed by atoms with Crippen LogP contribution in [-0.2, 0) is 9.59 Å². The number of para-hydroxylation sites is 2. The predicted octanol–water partition coefficient (Wildman–Crippen LogP) is 0.514. The number of amides is 2. The first-order valence-corrected chi connectivity index (χ1v) is 8.85. The Bertz CT molecular complexity index is 778. The monoisotopic (exact) mass is 370 g/mol. The Morgan fingerprint density at radius 2 is 1.89 bits per heavy atom. The maximum atomic E-state index is 12.5. The first-order valence-electron chi connectivity index (χ1n) is 8.85. The Hall–Kier alpha value is -3.21. The van der Waals surface area contributed by atoms with Crippen LogP contribution >= 0.6 is 0 Å². The molecule has 1 saturated heterocycles. The zero-order valence-corrected chi connectivity index (χ0v) is 15.2. The van der Waals surface area contributed by atoms with Crippen LogP contribution in [0.2, 0.25) is 0 Å². The van der Waals surface area contributed by atoms with Gasteiger partial charge in [0.2, 0.25) is 5.91 Å². The molecule has 0 saturated carbocycles. The number of fused-ring (bicyclic) bond motifs is 1. The number of carbonyl (C=O) groups is 2. The van der Waals surface area contributed by atoms with Gasteiger partial charge in [-0.3, -0.25) is 9.59 Å². The minimum absolute atomic E-state index is 0.00362. The molecule has 0 bridgehead atoms. The van der Waals surface area contributed by atoms with Gasteiger partial charge < -0.3 is 24.6 Å². The molecule has 1 aromatic carbocycles. The van der Waals surface area contributed by atoms with Crippen molar-refractivity contribution in [3.8, 4) is 17.6 Å². The van der Waals surface area contributed by atoms with E-state index < -0.39 is 0 Å². The topological polar surface area (TPSA) is 94.9 Å². The number of nitriles is 1. The first kappa shape index (κ1) is 18.6. The zero-order valence-electron chi connectivity index (χ0n) is 15.2. The molecule has 3 rings (SSSR count). The molecule has 0 radical (unpaired) electrons. The number of nitrogens with one attached hydrogen (secondary N) is 1. The van der Waals surface area contributed by atoms with Crippen LogP contribution in [0.1, 0.15) is 6.92 Å². The maximum Gasteiger partial charge on any atom is 0.266 e. The third-order valence-corrected chi connectivity index (χ3v) is 4.52. The van der Waals surface area contributed by atoms with Gasteiger partial charge in [-0.15, -0.1) is 0 Å². The van der Waals surface area contributed by atoms with Crippen LogP contribution in [0.15, 0.2) is 36.0 Å². The Balaban J connectivity index is 1.51. The molecule has 1 atom stereocenters. The normalized spacial score (nSPS) is 19.3. The van der Waals surface area contributed by atoms with Crippen molar-refractivity contribution in [3.63, 3.8) is 0 Å². The van der Waals surface area contributed by atoms with Crippen molar-refractivity contribution in [1.29, 1.82) is 5.26 Å². The highest BCUT2D eigenvalue weighted by Gasteiger charge is 2.25. The molecule has 142 valence electrons. The van der Waals surface area contributed by atoms with Gasteiger partial charge in [0.1, 0.15) is 24.4 Å². The highest BCUT2D eigenvalue weighted by Crippen LogP contribution is 2.30. The second-order valence-electron chi connectivity index (χ2n) is 6.37. The lowest BCUT2D eigenvalue weighted by Crippen LogP contribution is -2.50. The third kappa shape index (κ3) is 4.50. The minimum Gasteiger partial charge on any atom is -0.486 e. The van der Waals surface area contributed by atoms with Crippen LogP contribution in [0.25, 0.3) is 0 Å². The number of carbonyl (C=O) groups excluding carboxylic acids is 2. The van der Waals surface area contributed by atoms with Gasteiger partial charge in [-0.05, 0) is 12.1 Å². The van der Waals surface area contributed by atoms with Crippen molar-refractivity contribution in [3.05, 3.63) is 36.0 Å². The smallest absolute Gasteiger partial charge is 0.266 e. The molecule has 1 aromatic rings. The maximum absolute atomic E-state index is 12.5. The van der Waals surface area contributed by atoms with Crippen molar-refractivity contribution in [2.45, 2.75) is 13.0 Å². The van der Waals surface area contributed by atoms with Gasteiger partial charge in [-0.25, -0.2) is 0 Å². The number of hydrogen-bond acceptors (Lipinski definition) is 6. The molecule has 1 N–H and O–H groups in total. The fourth-order valence-corrected chi connectivity index (χ4v) is 2.99. The second-order valence-corrected chi connectivity index (χ2v) is 6.37. The molecule has 2 aliphatic rings. The van der Waals surface area contributed by atoms with E-state index in [2.05, 4.69) is 5.32 Å². The van der Waals surface area contributed by atoms with E-state index >= 15 is 0 Å². The third-order valence-electron chi connectivity index (χ3n) is 4.52. The van der Waals surface area contributed by atoms with E-state index in [1.54, 1.807) is 9.80 Å². The highest BCUT2D eigenvalue weighted by atomic mass is 16.6. The predicted molar refractivity (Wildman–Crippen MR) is 96.9 cm³/mol. The van der Waals surface area contributed by atoms with E-state index in [1.807, 2.05) is 30.3 Å². The van der Waals surface area contributed by atoms with E-state index in [4.69, 9.17) is 9.47 Å². The Morgan fingerprint density at radius 3 is 2.56 bits per heavy atom. The lowest BCUT2D eigenvalue weighted by atomic mass is 10.2. The van der Waals surface area contributed by atoms with Crippen molar-refractivity contribution >= 4 is 11.8 Å². The van der Waals surface area contributed by atoms with E-state index in [9.17, 15) is 14.9 Å². The van der Waals surface area contributed by atoms with Crippen molar-refractivity contribution in [2.75, 3.05) is 39.3 Å². The summed E-state index contributed by atoms with van der Waals surface area (Å²) < 4.78 is 11.5. The number of hydrogen-bond donors (Lipinski definition) is 1. The fourth-order valence-electron chi connectivity index (χ4n) is 2.99. The quantitative estimate of drug-likeness (QED) is 0.613. The molecule has 27 heavy (non-hydrogen) atoms. The molecule has 2 amide bonds. The fraction of sp³-hybridized carbons (Fsp3) is 0.421. The van der Waals surface area contributed by atoms with Gasteiger partial charge in [0.05, 0.1) is 6.54 Å². The summed E-state index contributed by atoms with van der Waals surface area (Å²) in [5, 5.41) is 12.3. The summed E-state index contributed by atoms with van der Waals surface area (Å²) in [5.74, 6) is 1.05. The molecule has 1 unspecified atom stereocenters. The van der Waals surface area contributed by atoms with Gasteiger partial charge in [-0.1, -0.05) is 12.1 Å². The molecule has 0 aromatic heterocycles. The van der Waals surface area contributed by atoms with Gasteiger partial charge in [0.25, 0.3) is 5.91 Å². The summed E-state index contributed by atoms with van der Waals surface area (Å²) >= 11 is 0. The number of piperazine rings is 1. The summed E-state index contributed by atoms with van der Waals surface area (Å²) in [6.07, 6.45) is 1.20. The Kier molecular flexibility index (Phi) is 5.81. The van der Waals surface area contributed by atoms with Crippen molar-refractivity contribution in [2.24, 2.45) is 0 Å². The summed E-state index contributed by atoms with van der Waals surface area (Å²) in [7, 11) is 0. The van der Waals surface area contributed by atoms with E-state index in [1.165, 1.54) is 13.1 Å². The number of benzene rings is 1. The van der Waals surface area contributed by atoms with Gasteiger partial charge >= 0.3 is 0 Å². The average Bonchev–Trinajstić information content (AvgIpc) is 2.70. The van der Waals surface area contributed by atoms with E-state index in [0.29, 0.717) is 50.8 Å². The highest BCUT2D eigenvalue weighted by molar-refractivity contribution is 5.97. The molecule has 2 heterocycles. The van der Waals surface area contributed by atoms with Gasteiger partial charge in [0.15, 0.2) is 11.5 Å². The summed E-state index contributed by atoms with van der Waals surface area (Å²) in [5.41, 5.74) is 0.0309. The summed E-state index contributed by atoms with van der Waals surface area (Å²) in [6, 6.07) is 9.37. The van der Waals surface area contributed by atoms with Crippen LogP contribution < -0.4 is 14.8 Å². The van der Waals surface area contributed by atoms with Crippen molar-refractivity contribution in [1.82, 2.24) is 15.1 Å². The first-order chi connectivity index (χ1) is 13.1. The Labute approximate surface area is 157 Å². The average molecular weight is 370 g/mol. The molecule has 0 spiro atoms. The van der Waals surface area contributed by atoms with Crippen LogP contribution in [0.5, 0.6) is 11.5 Å². The van der Waals surface area contributed by atoms with Crippen LogP contribution in [0.4, 0.5) is 0 Å². The number of ether oxygens (including phenoxy) is 2. The zero-order chi connectivity index (χ0) is 19.2. The van der Waals surface area contributed by atoms with Gasteiger partial charge in [-0.2, -0.15) is 5.26 Å². The summed E-state index contributed by atoms with van der Waals surface area (Å²) in [6.45, 7) is 4.13. The minimum atomic E-state index is -0.334. The number of rotatable bonds is 4. The molecule has 1 fully saturated rings. The molecular weight excluding hydrogens is 348 g/mol. The number of nitrogens with zero attached hydrogens (tertiary/aromatic N) is 3. The summed E-state index contributed by atoms with van der Waals surface area (Å²) in [4.78, 5) is 27.1. The van der Waals surface area contributed by atoms with Crippen LogP contribution in [0.3, 0.4) is 0 Å². The van der Waals surface area contributed by atoms with Gasteiger partial charge in [0, 0.05) is 39.3 Å². The molecule has 0 aliphatic carbocycles. The Morgan fingerprint density at radius 1 is 1.22 bits per heavy atom. The van der Waals surface area contributed by atoms with E-state index in [0.717, 1.165) is 0 Å². The van der Waals surface area contributed by atoms with E-state index in [-0.39, 0.29) is 23.5 Å². The SMILES string of the molecule is CC(=O)N1CCN(C(=O)/C(C#N)=C\NCC2COc3ccccc3O2)CC1. The largest absolute Gasteiger partial charge is 0.486 e. The lowest BCUT2D eigenvalue weighted by Gasteiger charge is -2.34. The molecule has 2 aliphatic heterocycles. The molecular formula is C19H22N4O4.